The maximum atomic E-state index is 11.8. The predicted molar refractivity (Wildman–Crippen MR) is 63.7 cm³/mol. The molecule has 0 fully saturated rings. The molecule has 0 aromatic heterocycles. The summed E-state index contributed by atoms with van der Waals surface area (Å²) in [5.41, 5.74) is 7.01. The first-order chi connectivity index (χ1) is 8.04. The normalized spacial score (nSPS) is 15.2. The summed E-state index contributed by atoms with van der Waals surface area (Å²) in [7, 11) is 1.48. The lowest BCUT2D eigenvalue weighted by Gasteiger charge is -2.16. The van der Waals surface area contributed by atoms with Gasteiger partial charge in [-0.2, -0.15) is 0 Å². The average Bonchev–Trinajstić information content (AvgIpc) is 2.55. The number of ether oxygens (including phenoxy) is 1. The third-order valence-electron chi connectivity index (χ3n) is 2.58. The van der Waals surface area contributed by atoms with E-state index in [1.807, 2.05) is 0 Å². The Labute approximate surface area is 98.5 Å². The summed E-state index contributed by atoms with van der Waals surface area (Å²) in [6.07, 6.45) is 1.31. The summed E-state index contributed by atoms with van der Waals surface area (Å²) in [5, 5.41) is 0. The van der Waals surface area contributed by atoms with Crippen LogP contribution in [-0.2, 0) is 9.59 Å². The molecule has 0 saturated heterocycles. The highest BCUT2D eigenvalue weighted by Crippen LogP contribution is 2.30. The maximum Gasteiger partial charge on any atom is 0.261 e. The van der Waals surface area contributed by atoms with Gasteiger partial charge in [-0.15, -0.1) is 0 Å². The predicted octanol–water partition coefficient (Wildman–Crippen LogP) is 1.10. The second-order valence-electron chi connectivity index (χ2n) is 3.73. The minimum absolute atomic E-state index is 0.318. The first-order valence-corrected chi connectivity index (χ1v) is 5.05. The molecule has 1 aromatic rings. The van der Waals surface area contributed by atoms with Gasteiger partial charge in [-0.25, -0.2) is 4.90 Å². The van der Waals surface area contributed by atoms with Crippen LogP contribution < -0.4 is 15.4 Å². The fraction of sp³-hybridized carbons (Fsp3) is 0.167. The molecule has 17 heavy (non-hydrogen) atoms. The second kappa shape index (κ2) is 3.93. The Morgan fingerprint density at radius 3 is 2.53 bits per heavy atom. The van der Waals surface area contributed by atoms with Crippen molar-refractivity contribution in [2.45, 2.75) is 6.92 Å². The summed E-state index contributed by atoms with van der Waals surface area (Å²) in [4.78, 5) is 24.5. The number of anilines is 2. The molecule has 0 saturated carbocycles. The zero-order valence-electron chi connectivity index (χ0n) is 9.56. The van der Waals surface area contributed by atoms with E-state index in [0.717, 1.165) is 4.90 Å². The molecule has 1 aliphatic rings. The molecule has 1 aliphatic heterocycles. The number of rotatable bonds is 2. The molecular weight excluding hydrogens is 220 g/mol. The van der Waals surface area contributed by atoms with E-state index in [2.05, 4.69) is 0 Å². The third-order valence-corrected chi connectivity index (χ3v) is 2.58. The summed E-state index contributed by atoms with van der Waals surface area (Å²) in [6, 6.07) is 4.78. The Hall–Kier alpha value is -2.30. The number of nitrogens with zero attached hydrogens (tertiary/aromatic N) is 1. The van der Waals surface area contributed by atoms with Gasteiger partial charge >= 0.3 is 0 Å². The van der Waals surface area contributed by atoms with E-state index < -0.39 is 0 Å². The molecule has 5 heteroatoms. The van der Waals surface area contributed by atoms with Crippen molar-refractivity contribution < 1.29 is 14.3 Å². The van der Waals surface area contributed by atoms with E-state index in [1.165, 1.54) is 13.2 Å². The van der Waals surface area contributed by atoms with Gasteiger partial charge in [0.15, 0.2) is 0 Å². The zero-order chi connectivity index (χ0) is 12.6. The van der Waals surface area contributed by atoms with Crippen molar-refractivity contribution in [3.05, 3.63) is 29.8 Å². The molecule has 1 heterocycles. The van der Waals surface area contributed by atoms with E-state index in [0.29, 0.717) is 22.7 Å². The molecule has 0 atom stereocenters. The standard InChI is InChI=1S/C12H12N2O3/c1-7-5-11(15)14(12(7)16)8-3-4-9(13)10(6-8)17-2/h3-6H,13H2,1-2H3. The highest BCUT2D eigenvalue weighted by molar-refractivity contribution is 6.30. The molecule has 5 nitrogen and oxygen atoms in total. The summed E-state index contributed by atoms with van der Waals surface area (Å²) < 4.78 is 5.05. The Balaban J connectivity index is 2.42. The molecule has 0 bridgehead atoms. The van der Waals surface area contributed by atoms with Gasteiger partial charge in [0.1, 0.15) is 5.75 Å². The van der Waals surface area contributed by atoms with Gasteiger partial charge in [-0.05, 0) is 19.1 Å². The van der Waals surface area contributed by atoms with Crippen molar-refractivity contribution in [1.82, 2.24) is 0 Å². The number of carbonyl (C=O) groups excluding carboxylic acids is 2. The monoisotopic (exact) mass is 232 g/mol. The molecule has 0 radical (unpaired) electrons. The van der Waals surface area contributed by atoms with Crippen molar-refractivity contribution in [3.63, 3.8) is 0 Å². The van der Waals surface area contributed by atoms with Gasteiger partial charge in [0.05, 0.1) is 18.5 Å². The number of nitrogens with two attached hydrogens (primary N) is 1. The van der Waals surface area contributed by atoms with Crippen LogP contribution in [0.2, 0.25) is 0 Å². The number of hydrogen-bond acceptors (Lipinski definition) is 4. The van der Waals surface area contributed by atoms with Crippen molar-refractivity contribution in [3.8, 4) is 5.75 Å². The summed E-state index contributed by atoms with van der Waals surface area (Å²) >= 11 is 0. The van der Waals surface area contributed by atoms with Crippen LogP contribution in [0.4, 0.5) is 11.4 Å². The van der Waals surface area contributed by atoms with E-state index in [9.17, 15) is 9.59 Å². The van der Waals surface area contributed by atoms with Gasteiger partial charge in [0, 0.05) is 17.7 Å². The average molecular weight is 232 g/mol. The number of hydrogen-bond donors (Lipinski definition) is 1. The topological polar surface area (TPSA) is 72.6 Å². The quantitative estimate of drug-likeness (QED) is 0.612. The number of amides is 2. The second-order valence-corrected chi connectivity index (χ2v) is 3.73. The molecule has 0 unspecified atom stereocenters. The number of benzene rings is 1. The van der Waals surface area contributed by atoms with Gasteiger partial charge in [-0.1, -0.05) is 0 Å². The van der Waals surface area contributed by atoms with Crippen molar-refractivity contribution in [2.75, 3.05) is 17.7 Å². The largest absolute Gasteiger partial charge is 0.495 e. The molecule has 0 aliphatic carbocycles. The molecule has 0 spiro atoms. The lowest BCUT2D eigenvalue weighted by Crippen LogP contribution is -2.30. The molecule has 2 N–H and O–H groups in total. The molecule has 88 valence electrons. The number of nitrogen functional groups attached to an aromatic ring is 1. The van der Waals surface area contributed by atoms with Gasteiger partial charge in [-0.3, -0.25) is 9.59 Å². The molecule has 2 rings (SSSR count). The van der Waals surface area contributed by atoms with Crippen LogP contribution in [-0.4, -0.2) is 18.9 Å². The highest BCUT2D eigenvalue weighted by Gasteiger charge is 2.30. The Bertz CT molecular complexity index is 535. The minimum atomic E-state index is -0.348. The number of imide groups is 1. The first-order valence-electron chi connectivity index (χ1n) is 5.05. The SMILES string of the molecule is COc1cc(N2C(=O)C=C(C)C2=O)ccc1N. The molecular formula is C12H12N2O3. The Morgan fingerprint density at radius 1 is 1.29 bits per heavy atom. The summed E-state index contributed by atoms with van der Waals surface area (Å²) in [5.74, 6) is -0.228. The van der Waals surface area contributed by atoms with E-state index in [4.69, 9.17) is 10.5 Å². The highest BCUT2D eigenvalue weighted by atomic mass is 16.5. The number of methoxy groups -OCH3 is 1. The number of carbonyl (C=O) groups is 2. The van der Waals surface area contributed by atoms with Crippen LogP contribution in [0, 0.1) is 0 Å². The lowest BCUT2D eigenvalue weighted by molar-refractivity contribution is -0.120. The first kappa shape index (κ1) is 11.2. The van der Waals surface area contributed by atoms with E-state index in [-0.39, 0.29) is 11.8 Å². The molecule has 2 amide bonds. The van der Waals surface area contributed by atoms with Crippen LogP contribution in [0.15, 0.2) is 29.8 Å². The Morgan fingerprint density at radius 2 is 2.00 bits per heavy atom. The van der Waals surface area contributed by atoms with E-state index in [1.54, 1.807) is 25.1 Å². The van der Waals surface area contributed by atoms with Crippen LogP contribution in [0.25, 0.3) is 0 Å². The van der Waals surface area contributed by atoms with E-state index >= 15 is 0 Å². The van der Waals surface area contributed by atoms with Crippen molar-refractivity contribution in [1.29, 1.82) is 0 Å². The van der Waals surface area contributed by atoms with Crippen LogP contribution in [0.1, 0.15) is 6.92 Å². The van der Waals surface area contributed by atoms with Gasteiger partial charge in [0.25, 0.3) is 11.8 Å². The molecule has 1 aromatic carbocycles. The van der Waals surface area contributed by atoms with Crippen molar-refractivity contribution in [2.24, 2.45) is 0 Å². The van der Waals surface area contributed by atoms with Crippen molar-refractivity contribution >= 4 is 23.2 Å². The smallest absolute Gasteiger partial charge is 0.261 e. The fourth-order valence-corrected chi connectivity index (χ4v) is 1.67. The minimum Gasteiger partial charge on any atom is -0.495 e. The zero-order valence-corrected chi connectivity index (χ0v) is 9.56. The van der Waals surface area contributed by atoms with Crippen LogP contribution in [0.5, 0.6) is 5.75 Å². The maximum absolute atomic E-state index is 11.8. The Kier molecular flexibility index (Phi) is 2.59. The third kappa shape index (κ3) is 1.75. The van der Waals surface area contributed by atoms with Crippen LogP contribution in [0.3, 0.4) is 0 Å². The summed E-state index contributed by atoms with van der Waals surface area (Å²) in [6.45, 7) is 1.61. The fourth-order valence-electron chi connectivity index (χ4n) is 1.67. The van der Waals surface area contributed by atoms with Gasteiger partial charge in [0.2, 0.25) is 0 Å². The van der Waals surface area contributed by atoms with Gasteiger partial charge < -0.3 is 10.5 Å². The van der Waals surface area contributed by atoms with Crippen LogP contribution >= 0.6 is 0 Å². The lowest BCUT2D eigenvalue weighted by atomic mass is 10.2.